The molecule has 0 atom stereocenters. The van der Waals surface area contributed by atoms with E-state index in [1.165, 1.54) is 5.52 Å². The molecular formula is C10H28F6N3O18P6U. The van der Waals surface area contributed by atoms with Crippen LogP contribution in [-0.2, 0) is 27.4 Å². The predicted molar refractivity (Wildman–Crippen MR) is 135 cm³/mol. The molecule has 0 amide bonds. The normalized spacial score (nSPS) is 12.9. The average molecular weight is 1020 g/mol. The topological polar surface area (TPSA) is 376 Å². The Kier molecular flexibility index (Phi) is 25.0. The second-order valence-corrected chi connectivity index (χ2v) is 48.6. The maximum absolute atomic E-state index is 10.4. The standard InChI is InChI=1S/C6H4N3.4CH3.6FH2O3P.U/c1-2-4-6-5(3-1)7-9-8-6;;;;;6*1-5(2,3)4;/h1-4H;4*1H3;6*(H2,2,3,4);/q-1;;;;;;;;;;;+1. The first-order valence-electron chi connectivity index (χ1n) is 9.41. The van der Waals surface area contributed by atoms with Crippen LogP contribution in [0.3, 0.4) is 0 Å². The second kappa shape index (κ2) is 20.5. The van der Waals surface area contributed by atoms with Crippen LogP contribution in [0.15, 0.2) is 24.3 Å². The Balaban J connectivity index is -0.000000145. The summed E-state index contributed by atoms with van der Waals surface area (Å²) in [4.78, 5) is 83.6. The zero-order valence-electron chi connectivity index (χ0n) is 21.9. The van der Waals surface area contributed by atoms with Crippen molar-refractivity contribution in [2.45, 2.75) is 15.8 Å². The van der Waals surface area contributed by atoms with Crippen molar-refractivity contribution < 1.29 is 134 Å². The molecule has 1 heterocycles. The van der Waals surface area contributed by atoms with Crippen molar-refractivity contribution in [1.29, 1.82) is 0 Å². The van der Waals surface area contributed by atoms with Gasteiger partial charge in [-0.25, -0.2) is 27.4 Å². The summed E-state index contributed by atoms with van der Waals surface area (Å²) < 4.78 is 126. The van der Waals surface area contributed by atoms with Gasteiger partial charge >= 0.3 is 134 Å². The zero-order chi connectivity index (χ0) is 37.4. The summed E-state index contributed by atoms with van der Waals surface area (Å²) in [7, 11) is -30.8. The second-order valence-electron chi connectivity index (χ2n) is 8.72. The summed E-state index contributed by atoms with van der Waals surface area (Å²) >= 11 is -2.92. The van der Waals surface area contributed by atoms with Crippen LogP contribution in [0.5, 0.6) is 0 Å². The minimum atomic E-state index is -5.14. The molecule has 0 spiro atoms. The first kappa shape index (κ1) is 53.6. The van der Waals surface area contributed by atoms with Crippen LogP contribution >= 0.6 is 47.4 Å². The molecule has 2 rings (SSSR count). The number of nitrogens with zero attached hydrogens (tertiary/aromatic N) is 3. The van der Waals surface area contributed by atoms with Crippen molar-refractivity contribution in [3.8, 4) is 0 Å². The van der Waals surface area contributed by atoms with E-state index in [4.69, 9.17) is 86.1 Å². The van der Waals surface area contributed by atoms with Crippen molar-refractivity contribution in [3.63, 3.8) is 0 Å². The van der Waals surface area contributed by atoms with Gasteiger partial charge in [-0.15, -0.1) is 25.2 Å². The molecule has 0 fully saturated rings. The molecule has 44 heavy (non-hydrogen) atoms. The van der Waals surface area contributed by atoms with E-state index in [-0.39, 0.29) is 0 Å². The monoisotopic (exact) mass is 1020 g/mol. The number of rotatable bonds is 1. The van der Waals surface area contributed by atoms with Gasteiger partial charge in [0.25, 0.3) is 0 Å². The van der Waals surface area contributed by atoms with Gasteiger partial charge in [-0.2, -0.15) is 0 Å². The summed E-state index contributed by atoms with van der Waals surface area (Å²) in [5, 5.41) is 8.50. The SMILES string of the molecule is O=P(O)(O)F.O=P(O)(O)F.O=P(O)(O)F.O=P(O)(O)F.O=P(O)(O)F.O=P(O)(O)F.[CH3][U]([CH3])([CH3])([CH3])[n]1nnc2ccccc21. The molecular weight excluding hydrogens is 988 g/mol. The maximum atomic E-state index is 10.4. The molecule has 2 aromatic rings. The molecule has 1 aromatic heterocycles. The summed E-state index contributed by atoms with van der Waals surface area (Å²) in [5.74, 6) is 0. The van der Waals surface area contributed by atoms with Gasteiger partial charge in [0, 0.05) is 0 Å². The Bertz CT molecular complexity index is 1190. The fraction of sp³-hybridized carbons (Fsp3) is 0.400. The van der Waals surface area contributed by atoms with Crippen molar-refractivity contribution in [1.82, 2.24) is 12.3 Å². The Hall–Kier alpha value is 0.152. The minimum absolute atomic E-state index is 1.00. The molecule has 0 unspecified atom stereocenters. The molecule has 0 saturated heterocycles. The van der Waals surface area contributed by atoms with Gasteiger partial charge in [0.1, 0.15) is 0 Å². The van der Waals surface area contributed by atoms with E-state index in [1.54, 1.807) is 0 Å². The number of hydrogen-bond acceptors (Lipinski definition) is 8. The van der Waals surface area contributed by atoms with Gasteiger partial charge in [0.2, 0.25) is 0 Å². The van der Waals surface area contributed by atoms with Crippen LogP contribution in [-0.4, -0.2) is 71.0 Å². The van der Waals surface area contributed by atoms with Gasteiger partial charge in [-0.3, -0.25) is 58.7 Å². The molecule has 0 radical (unpaired) electrons. The zero-order valence-corrected chi connectivity index (χ0v) is 31.4. The molecule has 21 nitrogen and oxygen atoms in total. The van der Waals surface area contributed by atoms with E-state index >= 15 is 0 Å². The van der Waals surface area contributed by atoms with Crippen LogP contribution in [0.1, 0.15) is 0 Å². The third-order valence-electron chi connectivity index (χ3n) is 2.20. The number of aromatic nitrogens is 3. The van der Waals surface area contributed by atoms with E-state index in [1.807, 2.05) is 18.2 Å². The molecule has 1 aromatic carbocycles. The predicted octanol–water partition coefficient (Wildman–Crippen LogP) is 3.37. The van der Waals surface area contributed by atoms with Crippen molar-refractivity contribution in [2.24, 2.45) is 0 Å². The summed E-state index contributed by atoms with van der Waals surface area (Å²) in [6.45, 7) is 0. The summed E-state index contributed by atoms with van der Waals surface area (Å²) in [5.41, 5.74) is 2.19. The van der Waals surface area contributed by atoms with E-state index in [0.717, 1.165) is 5.52 Å². The molecule has 0 aliphatic carbocycles. The summed E-state index contributed by atoms with van der Waals surface area (Å²) in [6, 6.07) is 8.17. The van der Waals surface area contributed by atoms with Gasteiger partial charge in [0.05, 0.1) is 0 Å². The van der Waals surface area contributed by atoms with Crippen molar-refractivity contribution >= 4 is 58.5 Å². The van der Waals surface area contributed by atoms with Crippen LogP contribution in [0, 0.1) is 23.0 Å². The Morgan fingerprint density at radius 3 is 0.932 bits per heavy atom. The number of halogens is 6. The summed E-state index contributed by atoms with van der Waals surface area (Å²) in [6.07, 6.45) is 0. The fourth-order valence-electron chi connectivity index (χ4n) is 1.53. The molecule has 0 saturated carbocycles. The Morgan fingerprint density at radius 2 is 0.727 bits per heavy atom. The van der Waals surface area contributed by atoms with E-state index in [9.17, 15) is 25.2 Å². The van der Waals surface area contributed by atoms with Gasteiger partial charge < -0.3 is 0 Å². The number of benzene rings is 1. The van der Waals surface area contributed by atoms with Crippen molar-refractivity contribution in [2.75, 3.05) is 0 Å². The first-order chi connectivity index (χ1) is 18.3. The Morgan fingerprint density at radius 1 is 0.523 bits per heavy atom. The quantitative estimate of drug-likeness (QED) is 0.144. The van der Waals surface area contributed by atoms with E-state index < -0.39 is 70.4 Å². The molecule has 267 valence electrons. The fourth-order valence-corrected chi connectivity index (χ4v) is 8.00. The third kappa shape index (κ3) is 90.1. The third-order valence-corrected chi connectivity index (χ3v) is 10.6. The van der Waals surface area contributed by atoms with Crippen LogP contribution in [0.2, 0.25) is 15.8 Å². The molecule has 34 heteroatoms. The number of para-hydroxylation sites is 1. The molecule has 0 bridgehead atoms. The molecule has 12 N–H and O–H groups in total. The molecule has 0 aliphatic heterocycles. The van der Waals surface area contributed by atoms with Crippen LogP contribution in [0.4, 0.5) is 25.2 Å². The van der Waals surface area contributed by atoms with E-state index in [2.05, 4.69) is 34.2 Å². The van der Waals surface area contributed by atoms with Crippen LogP contribution < -0.4 is 0 Å². The number of hydrogen-bond donors (Lipinski definition) is 12. The van der Waals surface area contributed by atoms with Gasteiger partial charge in [-0.05, 0) is 0 Å². The van der Waals surface area contributed by atoms with Gasteiger partial charge in [-0.1, -0.05) is 0 Å². The Labute approximate surface area is 244 Å². The van der Waals surface area contributed by atoms with Crippen molar-refractivity contribution in [3.05, 3.63) is 24.3 Å². The molecule has 0 aliphatic rings. The van der Waals surface area contributed by atoms with Gasteiger partial charge in [0.15, 0.2) is 0 Å². The number of fused-ring (bicyclic) bond motifs is 1. The average Bonchev–Trinajstić information content (AvgIpc) is 2.96. The first-order valence-corrected chi connectivity index (χ1v) is 36.9. The van der Waals surface area contributed by atoms with E-state index in [0.29, 0.717) is 0 Å². The van der Waals surface area contributed by atoms with Crippen LogP contribution in [0.25, 0.3) is 11.0 Å².